The number of aryl methyl sites for hydroxylation is 1. The van der Waals surface area contributed by atoms with Crippen molar-refractivity contribution in [1.29, 1.82) is 0 Å². The molecule has 2 rings (SSSR count). The third-order valence-corrected chi connectivity index (χ3v) is 2.40. The lowest BCUT2D eigenvalue weighted by Crippen LogP contribution is -1.98. The molecule has 4 nitrogen and oxygen atoms in total. The average molecular weight is 235 g/mol. The van der Waals surface area contributed by atoms with Crippen molar-refractivity contribution in [2.24, 2.45) is 0 Å². The highest BCUT2D eigenvalue weighted by Crippen LogP contribution is 2.25. The lowest BCUT2D eigenvalue weighted by atomic mass is 10.2. The van der Waals surface area contributed by atoms with Gasteiger partial charge in [0.1, 0.15) is 5.82 Å². The first-order valence-electron chi connectivity index (χ1n) is 4.77. The Labute approximate surface area is 98.5 Å². The van der Waals surface area contributed by atoms with Gasteiger partial charge in [-0.1, -0.05) is 17.7 Å². The van der Waals surface area contributed by atoms with E-state index in [2.05, 4.69) is 15.5 Å². The number of halogens is 1. The maximum Gasteiger partial charge on any atom is 0.153 e. The molecule has 0 atom stereocenters. The second kappa shape index (κ2) is 4.37. The molecule has 0 aliphatic carbocycles. The van der Waals surface area contributed by atoms with Crippen molar-refractivity contribution in [2.45, 2.75) is 6.92 Å². The van der Waals surface area contributed by atoms with Gasteiger partial charge in [-0.25, -0.2) is 0 Å². The van der Waals surface area contributed by atoms with Crippen LogP contribution in [-0.4, -0.2) is 10.2 Å². The summed E-state index contributed by atoms with van der Waals surface area (Å²) in [5.41, 5.74) is 7.37. The summed E-state index contributed by atoms with van der Waals surface area (Å²) >= 11 is 6.04. The van der Waals surface area contributed by atoms with Crippen LogP contribution >= 0.6 is 11.6 Å². The lowest BCUT2D eigenvalue weighted by Gasteiger charge is -2.07. The minimum absolute atomic E-state index is 0.390. The number of rotatable bonds is 2. The smallest absolute Gasteiger partial charge is 0.153 e. The van der Waals surface area contributed by atoms with E-state index >= 15 is 0 Å². The fraction of sp³-hybridized carbons (Fsp3) is 0.0909. The van der Waals surface area contributed by atoms with Gasteiger partial charge in [-0.15, -0.1) is 10.2 Å². The van der Waals surface area contributed by atoms with Crippen LogP contribution in [0.3, 0.4) is 0 Å². The number of nitrogen functional groups attached to an aromatic ring is 1. The molecule has 2 aromatic rings. The number of nitrogens with zero attached hydrogens (tertiary/aromatic N) is 2. The molecule has 16 heavy (non-hydrogen) atoms. The summed E-state index contributed by atoms with van der Waals surface area (Å²) in [6.45, 7) is 2.00. The predicted molar refractivity (Wildman–Crippen MR) is 65.9 cm³/mol. The van der Waals surface area contributed by atoms with Gasteiger partial charge in [0.2, 0.25) is 0 Å². The third kappa shape index (κ3) is 2.41. The second-order valence-electron chi connectivity index (χ2n) is 3.45. The molecule has 82 valence electrons. The van der Waals surface area contributed by atoms with Gasteiger partial charge in [-0.3, -0.25) is 0 Å². The first kappa shape index (κ1) is 10.7. The fourth-order valence-corrected chi connectivity index (χ4v) is 1.45. The van der Waals surface area contributed by atoms with E-state index in [1.807, 2.05) is 25.1 Å². The molecular weight excluding hydrogens is 224 g/mol. The number of aromatic nitrogens is 2. The Hall–Kier alpha value is -1.81. The predicted octanol–water partition coefficient (Wildman–Crippen LogP) is 2.76. The summed E-state index contributed by atoms with van der Waals surface area (Å²) in [6.07, 6.45) is 0. The maximum atomic E-state index is 6.04. The van der Waals surface area contributed by atoms with Crippen LogP contribution in [-0.2, 0) is 0 Å². The van der Waals surface area contributed by atoms with Crippen LogP contribution in [0.1, 0.15) is 5.56 Å². The Bertz CT molecular complexity index is 496. The molecule has 0 aliphatic heterocycles. The van der Waals surface area contributed by atoms with E-state index in [-0.39, 0.29) is 0 Å². The summed E-state index contributed by atoms with van der Waals surface area (Å²) in [5, 5.41) is 11.4. The molecule has 0 aliphatic rings. The molecule has 1 aromatic heterocycles. The van der Waals surface area contributed by atoms with E-state index in [9.17, 15) is 0 Å². The molecular formula is C11H11ClN4. The standard InChI is InChI=1S/C11H11ClN4/c1-7-2-3-8(12)9(6-7)14-11-5-4-10(13)15-16-11/h2-6H,1H3,(H2,13,15)(H,14,16). The van der Waals surface area contributed by atoms with E-state index in [0.29, 0.717) is 16.7 Å². The molecule has 0 amide bonds. The van der Waals surface area contributed by atoms with Crippen molar-refractivity contribution in [3.05, 3.63) is 40.9 Å². The molecule has 0 fully saturated rings. The molecule has 5 heteroatoms. The minimum atomic E-state index is 0.390. The van der Waals surface area contributed by atoms with Crippen molar-refractivity contribution < 1.29 is 0 Å². The quantitative estimate of drug-likeness (QED) is 0.839. The molecule has 0 bridgehead atoms. The highest BCUT2D eigenvalue weighted by Gasteiger charge is 2.02. The Morgan fingerprint density at radius 3 is 2.69 bits per heavy atom. The summed E-state index contributed by atoms with van der Waals surface area (Å²) < 4.78 is 0. The Morgan fingerprint density at radius 1 is 1.19 bits per heavy atom. The number of hydrogen-bond acceptors (Lipinski definition) is 4. The highest BCUT2D eigenvalue weighted by atomic mass is 35.5. The zero-order valence-corrected chi connectivity index (χ0v) is 9.49. The first-order valence-corrected chi connectivity index (χ1v) is 5.15. The van der Waals surface area contributed by atoms with Gasteiger partial charge in [0.25, 0.3) is 0 Å². The Morgan fingerprint density at radius 2 is 2.00 bits per heavy atom. The van der Waals surface area contributed by atoms with Gasteiger partial charge in [0, 0.05) is 0 Å². The van der Waals surface area contributed by atoms with E-state index in [0.717, 1.165) is 11.3 Å². The topological polar surface area (TPSA) is 63.8 Å². The Balaban J connectivity index is 2.26. The van der Waals surface area contributed by atoms with Crippen LogP contribution in [0.15, 0.2) is 30.3 Å². The lowest BCUT2D eigenvalue weighted by molar-refractivity contribution is 1.05. The van der Waals surface area contributed by atoms with Crippen molar-refractivity contribution in [3.63, 3.8) is 0 Å². The van der Waals surface area contributed by atoms with E-state index in [1.165, 1.54) is 0 Å². The van der Waals surface area contributed by atoms with Crippen molar-refractivity contribution in [1.82, 2.24) is 10.2 Å². The summed E-state index contributed by atoms with van der Waals surface area (Å²) in [6, 6.07) is 9.16. The van der Waals surface area contributed by atoms with Gasteiger partial charge in [0.05, 0.1) is 10.7 Å². The van der Waals surface area contributed by atoms with Crippen LogP contribution in [0.4, 0.5) is 17.3 Å². The van der Waals surface area contributed by atoms with Gasteiger partial charge >= 0.3 is 0 Å². The zero-order valence-electron chi connectivity index (χ0n) is 8.74. The molecule has 0 spiro atoms. The summed E-state index contributed by atoms with van der Waals surface area (Å²) in [4.78, 5) is 0. The van der Waals surface area contributed by atoms with Crippen LogP contribution < -0.4 is 11.1 Å². The number of nitrogens with two attached hydrogens (primary N) is 1. The van der Waals surface area contributed by atoms with Crippen molar-refractivity contribution in [2.75, 3.05) is 11.1 Å². The van der Waals surface area contributed by atoms with E-state index < -0.39 is 0 Å². The minimum Gasteiger partial charge on any atom is -0.382 e. The summed E-state index contributed by atoms with van der Waals surface area (Å²) in [7, 11) is 0. The molecule has 1 aromatic carbocycles. The second-order valence-corrected chi connectivity index (χ2v) is 3.86. The largest absolute Gasteiger partial charge is 0.382 e. The normalized spacial score (nSPS) is 10.1. The highest BCUT2D eigenvalue weighted by molar-refractivity contribution is 6.33. The molecule has 0 unspecified atom stereocenters. The van der Waals surface area contributed by atoms with Gasteiger partial charge in [-0.05, 0) is 36.8 Å². The van der Waals surface area contributed by atoms with Crippen molar-refractivity contribution in [3.8, 4) is 0 Å². The SMILES string of the molecule is Cc1ccc(Cl)c(Nc2ccc(N)nn2)c1. The fourth-order valence-electron chi connectivity index (χ4n) is 1.28. The van der Waals surface area contributed by atoms with Crippen LogP contribution in [0, 0.1) is 6.92 Å². The first-order chi connectivity index (χ1) is 7.65. The maximum absolute atomic E-state index is 6.04. The van der Waals surface area contributed by atoms with Gasteiger partial charge in [-0.2, -0.15) is 0 Å². The third-order valence-electron chi connectivity index (χ3n) is 2.07. The zero-order chi connectivity index (χ0) is 11.5. The molecule has 3 N–H and O–H groups in total. The van der Waals surface area contributed by atoms with E-state index in [1.54, 1.807) is 12.1 Å². The van der Waals surface area contributed by atoms with Crippen LogP contribution in [0.2, 0.25) is 5.02 Å². The molecule has 0 radical (unpaired) electrons. The van der Waals surface area contributed by atoms with E-state index in [4.69, 9.17) is 17.3 Å². The van der Waals surface area contributed by atoms with Crippen LogP contribution in [0.25, 0.3) is 0 Å². The van der Waals surface area contributed by atoms with Crippen LogP contribution in [0.5, 0.6) is 0 Å². The molecule has 1 heterocycles. The Kier molecular flexibility index (Phi) is 2.92. The van der Waals surface area contributed by atoms with Gasteiger partial charge < -0.3 is 11.1 Å². The molecule has 0 saturated heterocycles. The monoisotopic (exact) mass is 234 g/mol. The number of hydrogen-bond donors (Lipinski definition) is 2. The number of benzene rings is 1. The molecule has 0 saturated carbocycles. The average Bonchev–Trinajstić information content (AvgIpc) is 2.27. The van der Waals surface area contributed by atoms with Gasteiger partial charge in [0.15, 0.2) is 5.82 Å². The number of nitrogens with one attached hydrogen (secondary N) is 1. The number of anilines is 3. The van der Waals surface area contributed by atoms with Crippen molar-refractivity contribution >= 4 is 28.9 Å². The summed E-state index contributed by atoms with van der Waals surface area (Å²) in [5.74, 6) is 1.00.